The number of ketones is 1. The zero-order valence-corrected chi connectivity index (χ0v) is 19.4. The fourth-order valence-corrected chi connectivity index (χ4v) is 3.59. The van der Waals surface area contributed by atoms with E-state index >= 15 is 0 Å². The van der Waals surface area contributed by atoms with E-state index in [1.54, 1.807) is 23.2 Å². The van der Waals surface area contributed by atoms with Crippen molar-refractivity contribution in [2.45, 2.75) is 39.7 Å². The van der Waals surface area contributed by atoms with Gasteiger partial charge in [-0.3, -0.25) is 9.78 Å². The smallest absolute Gasteiger partial charge is 0.410 e. The minimum Gasteiger partial charge on any atom is -0.444 e. The maximum atomic E-state index is 13.0. The number of halogens is 1. The van der Waals surface area contributed by atoms with Crippen LogP contribution in [0.5, 0.6) is 0 Å². The van der Waals surface area contributed by atoms with Gasteiger partial charge >= 0.3 is 6.09 Å². The summed E-state index contributed by atoms with van der Waals surface area (Å²) in [5.41, 5.74) is 1.06. The van der Waals surface area contributed by atoms with Crippen molar-refractivity contribution in [3.05, 3.63) is 51.9 Å². The molecule has 1 amide bonds. The number of carbonyl (C=O) groups is 2. The molecule has 0 radical (unpaired) electrons. The molecule has 2 aromatic heterocycles. The number of hydrogen-bond donors (Lipinski definition) is 0. The van der Waals surface area contributed by atoms with Crippen molar-refractivity contribution in [3.63, 3.8) is 0 Å². The molecule has 0 unspecified atom stereocenters. The Bertz CT molecular complexity index is 942. The van der Waals surface area contributed by atoms with Gasteiger partial charge in [-0.15, -0.1) is 0 Å². The van der Waals surface area contributed by atoms with Crippen molar-refractivity contribution < 1.29 is 14.3 Å². The van der Waals surface area contributed by atoms with Crippen molar-refractivity contribution in [2.75, 3.05) is 31.1 Å². The van der Waals surface area contributed by atoms with E-state index in [0.717, 1.165) is 23.3 Å². The second-order valence-corrected chi connectivity index (χ2v) is 9.22. The van der Waals surface area contributed by atoms with Crippen molar-refractivity contribution in [3.8, 4) is 0 Å². The molecule has 30 heavy (non-hydrogen) atoms. The van der Waals surface area contributed by atoms with Crippen LogP contribution in [0.1, 0.15) is 48.9 Å². The highest BCUT2D eigenvalue weighted by Gasteiger charge is 2.25. The summed E-state index contributed by atoms with van der Waals surface area (Å²) < 4.78 is 6.24. The molecule has 0 bridgehead atoms. The molecule has 8 heteroatoms. The van der Waals surface area contributed by atoms with Crippen molar-refractivity contribution in [2.24, 2.45) is 0 Å². The van der Waals surface area contributed by atoms with E-state index < -0.39 is 5.60 Å². The quantitative estimate of drug-likeness (QED) is 0.619. The van der Waals surface area contributed by atoms with Gasteiger partial charge in [0, 0.05) is 48.1 Å². The number of ether oxygens (including phenoxy) is 1. The largest absolute Gasteiger partial charge is 0.444 e. The molecule has 1 fully saturated rings. The van der Waals surface area contributed by atoms with Gasteiger partial charge in [-0.05, 0) is 68.2 Å². The molecule has 7 nitrogen and oxygen atoms in total. The van der Waals surface area contributed by atoms with Crippen LogP contribution in [0.4, 0.5) is 10.6 Å². The van der Waals surface area contributed by atoms with Gasteiger partial charge in [0.25, 0.3) is 0 Å². The molecule has 3 heterocycles. The van der Waals surface area contributed by atoms with Gasteiger partial charge in [0.1, 0.15) is 17.1 Å². The van der Waals surface area contributed by atoms with Crippen LogP contribution in [-0.4, -0.2) is 58.5 Å². The Morgan fingerprint density at radius 2 is 1.90 bits per heavy atom. The van der Waals surface area contributed by atoms with Gasteiger partial charge in [0.05, 0.1) is 0 Å². The third kappa shape index (κ3) is 5.56. The maximum absolute atomic E-state index is 13.0. The molecule has 1 aliphatic heterocycles. The molecule has 0 N–H and O–H groups in total. The number of carbonyl (C=O) groups excluding carboxylic acids is 2. The van der Waals surface area contributed by atoms with Crippen LogP contribution >= 0.6 is 15.9 Å². The summed E-state index contributed by atoms with van der Waals surface area (Å²) >= 11 is 3.37. The van der Waals surface area contributed by atoms with Crippen LogP contribution < -0.4 is 4.90 Å². The predicted octanol–water partition coefficient (Wildman–Crippen LogP) is 4.23. The Balaban J connectivity index is 1.74. The highest BCUT2D eigenvalue weighted by atomic mass is 79.9. The normalized spacial score (nSPS) is 15.0. The summed E-state index contributed by atoms with van der Waals surface area (Å²) in [4.78, 5) is 38.1. The minimum absolute atomic E-state index is 0.159. The molecule has 1 aliphatic rings. The Hall–Kier alpha value is -2.48. The van der Waals surface area contributed by atoms with Gasteiger partial charge in [-0.2, -0.15) is 0 Å². The molecule has 160 valence electrons. The van der Waals surface area contributed by atoms with Gasteiger partial charge < -0.3 is 14.5 Å². The minimum atomic E-state index is -0.515. The number of amides is 1. The Morgan fingerprint density at radius 1 is 1.13 bits per heavy atom. The number of aryl methyl sites for hydroxylation is 1. The first-order valence-corrected chi connectivity index (χ1v) is 10.8. The van der Waals surface area contributed by atoms with Gasteiger partial charge in [-0.25, -0.2) is 9.78 Å². The first kappa shape index (κ1) is 22.2. The lowest BCUT2D eigenvalue weighted by Crippen LogP contribution is -2.39. The molecule has 0 atom stereocenters. The van der Waals surface area contributed by atoms with Crippen LogP contribution in [0.25, 0.3) is 0 Å². The maximum Gasteiger partial charge on any atom is 0.410 e. The zero-order chi connectivity index (χ0) is 21.9. The number of nitrogens with zero attached hydrogens (tertiary/aromatic N) is 4. The fourth-order valence-electron chi connectivity index (χ4n) is 3.26. The number of hydrogen-bond acceptors (Lipinski definition) is 6. The van der Waals surface area contributed by atoms with Crippen LogP contribution in [0.3, 0.4) is 0 Å². The molecular weight excluding hydrogens is 448 g/mol. The third-order valence-corrected chi connectivity index (χ3v) is 5.17. The van der Waals surface area contributed by atoms with Crippen molar-refractivity contribution in [1.29, 1.82) is 0 Å². The number of aromatic nitrogens is 2. The topological polar surface area (TPSA) is 75.6 Å². The standard InChI is InChI=1S/C22H27BrN4O3/c1-15-17(13-16(23)14-24-15)20(28)18-7-5-8-19(25-18)26-9-6-10-27(12-11-26)21(29)30-22(2,3)4/h5,7-8,13-14H,6,9-12H2,1-4H3. The highest BCUT2D eigenvalue weighted by molar-refractivity contribution is 9.10. The van der Waals surface area contributed by atoms with Crippen LogP contribution in [0.15, 0.2) is 34.9 Å². The van der Waals surface area contributed by atoms with Crippen LogP contribution in [-0.2, 0) is 4.74 Å². The lowest BCUT2D eigenvalue weighted by Gasteiger charge is -2.26. The first-order valence-electron chi connectivity index (χ1n) is 10.0. The summed E-state index contributed by atoms with van der Waals surface area (Å²) in [6, 6.07) is 7.22. The second-order valence-electron chi connectivity index (χ2n) is 8.30. The SMILES string of the molecule is Cc1ncc(Br)cc1C(=O)c1cccc(N2CCCN(C(=O)OC(C)(C)C)CC2)n1. The van der Waals surface area contributed by atoms with Gasteiger partial charge in [0.15, 0.2) is 0 Å². The summed E-state index contributed by atoms with van der Waals surface area (Å²) in [5, 5.41) is 0. The van der Waals surface area contributed by atoms with Crippen LogP contribution in [0, 0.1) is 6.92 Å². The zero-order valence-electron chi connectivity index (χ0n) is 17.8. The van der Waals surface area contributed by atoms with E-state index in [2.05, 4.69) is 30.8 Å². The Kier molecular flexibility index (Phi) is 6.75. The summed E-state index contributed by atoms with van der Waals surface area (Å²) in [5.74, 6) is 0.570. The van der Waals surface area contributed by atoms with Crippen molar-refractivity contribution >= 4 is 33.6 Å². The third-order valence-electron chi connectivity index (χ3n) is 4.74. The van der Waals surface area contributed by atoms with E-state index in [4.69, 9.17) is 4.74 Å². The summed E-state index contributed by atoms with van der Waals surface area (Å²) in [7, 11) is 0. The fraction of sp³-hybridized carbons (Fsp3) is 0.455. The van der Waals surface area contributed by atoms with E-state index in [9.17, 15) is 9.59 Å². The number of rotatable bonds is 3. The molecule has 0 aromatic carbocycles. The predicted molar refractivity (Wildman–Crippen MR) is 119 cm³/mol. The highest BCUT2D eigenvalue weighted by Crippen LogP contribution is 2.20. The molecule has 0 spiro atoms. The van der Waals surface area contributed by atoms with Gasteiger partial charge in [0.2, 0.25) is 5.78 Å². The average molecular weight is 475 g/mol. The molecule has 2 aromatic rings. The molecule has 0 aliphatic carbocycles. The lowest BCUT2D eigenvalue weighted by molar-refractivity contribution is 0.0263. The molecular formula is C22H27BrN4O3. The van der Waals surface area contributed by atoms with Crippen LogP contribution in [0.2, 0.25) is 0 Å². The first-order chi connectivity index (χ1) is 14.1. The van der Waals surface area contributed by atoms with Gasteiger partial charge in [-0.1, -0.05) is 6.07 Å². The number of anilines is 1. The monoisotopic (exact) mass is 474 g/mol. The summed E-state index contributed by atoms with van der Waals surface area (Å²) in [6.07, 6.45) is 2.18. The Morgan fingerprint density at radius 3 is 2.63 bits per heavy atom. The molecule has 3 rings (SSSR count). The molecule has 0 saturated carbocycles. The Labute approximate surface area is 185 Å². The lowest BCUT2D eigenvalue weighted by atomic mass is 10.1. The van der Waals surface area contributed by atoms with E-state index in [-0.39, 0.29) is 11.9 Å². The molecule has 1 saturated heterocycles. The summed E-state index contributed by atoms with van der Waals surface area (Å²) in [6.45, 7) is 9.96. The second kappa shape index (κ2) is 9.12. The number of pyridine rings is 2. The van der Waals surface area contributed by atoms with E-state index in [1.807, 2.05) is 39.8 Å². The van der Waals surface area contributed by atoms with E-state index in [1.165, 1.54) is 0 Å². The average Bonchev–Trinajstić information content (AvgIpc) is 2.94. The van der Waals surface area contributed by atoms with E-state index in [0.29, 0.717) is 36.6 Å². The van der Waals surface area contributed by atoms with Crippen molar-refractivity contribution in [1.82, 2.24) is 14.9 Å².